The number of carbonyl (C=O) groups excluding carboxylic acids is 2. The molecule has 0 aliphatic carbocycles. The van der Waals surface area contributed by atoms with Crippen LogP contribution < -0.4 is 15.5 Å². The van der Waals surface area contributed by atoms with Gasteiger partial charge in [-0.1, -0.05) is 19.1 Å². The maximum absolute atomic E-state index is 12.1. The minimum absolute atomic E-state index is 0.213. The second kappa shape index (κ2) is 9.37. The predicted octanol–water partition coefficient (Wildman–Crippen LogP) is 2.97. The Hall–Kier alpha value is -2.86. The van der Waals surface area contributed by atoms with Gasteiger partial charge in [0.2, 0.25) is 11.8 Å². The molecule has 28 heavy (non-hydrogen) atoms. The first-order valence-electron chi connectivity index (χ1n) is 9.75. The first kappa shape index (κ1) is 19.9. The number of benzene rings is 2. The van der Waals surface area contributed by atoms with Gasteiger partial charge < -0.3 is 20.4 Å². The fourth-order valence-corrected chi connectivity index (χ4v) is 3.20. The normalized spacial score (nSPS) is 14.6. The van der Waals surface area contributed by atoms with Crippen LogP contribution in [0.3, 0.4) is 0 Å². The van der Waals surface area contributed by atoms with Gasteiger partial charge in [-0.25, -0.2) is 0 Å². The van der Waals surface area contributed by atoms with E-state index in [0.29, 0.717) is 11.4 Å². The number of rotatable bonds is 6. The van der Waals surface area contributed by atoms with Crippen molar-refractivity contribution in [1.82, 2.24) is 4.90 Å². The molecule has 148 valence electrons. The van der Waals surface area contributed by atoms with Crippen molar-refractivity contribution in [3.05, 3.63) is 54.1 Å². The number of nitrogens with zero attached hydrogens (tertiary/aromatic N) is 2. The summed E-state index contributed by atoms with van der Waals surface area (Å²) in [4.78, 5) is 28.9. The van der Waals surface area contributed by atoms with Crippen LogP contribution in [-0.4, -0.2) is 49.9 Å². The van der Waals surface area contributed by atoms with Crippen LogP contribution in [0.5, 0.6) is 0 Å². The highest BCUT2D eigenvalue weighted by Gasteiger charge is 2.14. The number of amides is 2. The van der Waals surface area contributed by atoms with E-state index < -0.39 is 0 Å². The number of piperazine rings is 1. The molecule has 2 amide bonds. The molecule has 2 aromatic carbocycles. The van der Waals surface area contributed by atoms with Gasteiger partial charge in [0.25, 0.3) is 0 Å². The van der Waals surface area contributed by atoms with Crippen LogP contribution in [0.4, 0.5) is 17.1 Å². The van der Waals surface area contributed by atoms with E-state index >= 15 is 0 Å². The Labute approximate surface area is 166 Å². The molecular formula is C22H28N4O2. The fourth-order valence-electron chi connectivity index (χ4n) is 3.20. The number of hydrogen-bond donors (Lipinski definition) is 2. The first-order valence-corrected chi connectivity index (χ1v) is 9.75. The lowest BCUT2D eigenvalue weighted by atomic mass is 10.1. The molecule has 6 heteroatoms. The van der Waals surface area contributed by atoms with E-state index in [1.165, 1.54) is 5.56 Å². The van der Waals surface area contributed by atoms with E-state index in [2.05, 4.69) is 34.4 Å². The zero-order valence-corrected chi connectivity index (χ0v) is 16.6. The number of hydrogen-bond acceptors (Lipinski definition) is 4. The summed E-state index contributed by atoms with van der Waals surface area (Å²) >= 11 is 0. The Bertz CT molecular complexity index is 794. The van der Waals surface area contributed by atoms with Crippen molar-refractivity contribution in [2.24, 2.45) is 0 Å². The number of likely N-dealkylation sites (N-methyl/N-ethyl adjacent to an activating group) is 1. The molecule has 0 radical (unpaired) electrons. The molecule has 1 heterocycles. The topological polar surface area (TPSA) is 64.7 Å². The standard InChI is InChI=1S/C22H28N4O2/c1-3-17-4-6-18(7-5-17)23-21(27)16-22(28)24-19-8-10-20(11-9-19)26-14-12-25(2)13-15-26/h4-11H,3,12-16H2,1-2H3,(H,23,27)(H,24,28). The molecule has 1 aliphatic heterocycles. The lowest BCUT2D eigenvalue weighted by Crippen LogP contribution is -2.44. The van der Waals surface area contributed by atoms with Gasteiger partial charge in [-0.05, 0) is 55.4 Å². The third-order valence-corrected chi connectivity index (χ3v) is 4.99. The minimum atomic E-state index is -0.324. The molecule has 0 spiro atoms. The second-order valence-electron chi connectivity index (χ2n) is 7.16. The molecule has 0 bridgehead atoms. The van der Waals surface area contributed by atoms with Gasteiger partial charge in [-0.3, -0.25) is 9.59 Å². The summed E-state index contributed by atoms with van der Waals surface area (Å²) in [6, 6.07) is 15.4. The van der Waals surface area contributed by atoms with Gasteiger partial charge in [0.15, 0.2) is 0 Å². The highest BCUT2D eigenvalue weighted by Crippen LogP contribution is 2.19. The van der Waals surface area contributed by atoms with E-state index in [-0.39, 0.29) is 18.2 Å². The number of anilines is 3. The van der Waals surface area contributed by atoms with Crippen molar-refractivity contribution in [3.8, 4) is 0 Å². The second-order valence-corrected chi connectivity index (χ2v) is 7.16. The van der Waals surface area contributed by atoms with Crippen molar-refractivity contribution in [2.75, 3.05) is 48.8 Å². The van der Waals surface area contributed by atoms with Crippen LogP contribution in [0.1, 0.15) is 18.9 Å². The van der Waals surface area contributed by atoms with Gasteiger partial charge in [0.1, 0.15) is 6.42 Å². The Morgan fingerprint density at radius 3 is 1.82 bits per heavy atom. The molecule has 2 aromatic rings. The summed E-state index contributed by atoms with van der Waals surface area (Å²) in [5, 5.41) is 5.54. The maximum Gasteiger partial charge on any atom is 0.233 e. The van der Waals surface area contributed by atoms with Crippen molar-refractivity contribution >= 4 is 28.9 Å². The average molecular weight is 380 g/mol. The summed E-state index contributed by atoms with van der Waals surface area (Å²) in [6.07, 6.45) is 0.736. The maximum atomic E-state index is 12.1. The Kier molecular flexibility index (Phi) is 6.66. The van der Waals surface area contributed by atoms with E-state index in [4.69, 9.17) is 0 Å². The third-order valence-electron chi connectivity index (χ3n) is 4.99. The van der Waals surface area contributed by atoms with Gasteiger partial charge in [0.05, 0.1) is 0 Å². The van der Waals surface area contributed by atoms with E-state index in [1.807, 2.05) is 48.5 Å². The van der Waals surface area contributed by atoms with Crippen LogP contribution in [0.25, 0.3) is 0 Å². The largest absolute Gasteiger partial charge is 0.369 e. The Morgan fingerprint density at radius 1 is 0.821 bits per heavy atom. The lowest BCUT2D eigenvalue weighted by Gasteiger charge is -2.34. The first-order chi connectivity index (χ1) is 13.5. The third kappa shape index (κ3) is 5.57. The summed E-state index contributed by atoms with van der Waals surface area (Å²) < 4.78 is 0. The SMILES string of the molecule is CCc1ccc(NC(=O)CC(=O)Nc2ccc(N3CCN(C)CC3)cc2)cc1. The van der Waals surface area contributed by atoms with Crippen molar-refractivity contribution in [1.29, 1.82) is 0 Å². The fraction of sp³-hybridized carbons (Fsp3) is 0.364. The molecule has 6 nitrogen and oxygen atoms in total. The Balaban J connectivity index is 1.47. The quantitative estimate of drug-likeness (QED) is 0.757. The molecule has 0 aromatic heterocycles. The van der Waals surface area contributed by atoms with Crippen LogP contribution in [0, 0.1) is 0 Å². The highest BCUT2D eigenvalue weighted by molar-refractivity contribution is 6.08. The Morgan fingerprint density at radius 2 is 1.32 bits per heavy atom. The molecular weight excluding hydrogens is 352 g/mol. The number of carbonyl (C=O) groups is 2. The zero-order chi connectivity index (χ0) is 19.9. The van der Waals surface area contributed by atoms with Crippen LogP contribution in [0.15, 0.2) is 48.5 Å². The summed E-state index contributed by atoms with van der Waals surface area (Å²) in [6.45, 7) is 6.18. The van der Waals surface area contributed by atoms with E-state index in [9.17, 15) is 9.59 Å². The van der Waals surface area contributed by atoms with Gasteiger partial charge >= 0.3 is 0 Å². The van der Waals surface area contributed by atoms with Crippen molar-refractivity contribution in [3.63, 3.8) is 0 Å². The average Bonchev–Trinajstić information content (AvgIpc) is 2.69. The molecule has 1 fully saturated rings. The van der Waals surface area contributed by atoms with Crippen LogP contribution in [-0.2, 0) is 16.0 Å². The van der Waals surface area contributed by atoms with Crippen LogP contribution in [0.2, 0.25) is 0 Å². The predicted molar refractivity (Wildman–Crippen MR) is 114 cm³/mol. The number of nitrogens with one attached hydrogen (secondary N) is 2. The summed E-state index contributed by atoms with van der Waals surface area (Å²) in [5.74, 6) is -0.647. The summed E-state index contributed by atoms with van der Waals surface area (Å²) in [7, 11) is 2.13. The summed E-state index contributed by atoms with van der Waals surface area (Å²) in [5.41, 5.74) is 3.75. The molecule has 0 saturated carbocycles. The highest BCUT2D eigenvalue weighted by atomic mass is 16.2. The number of aryl methyl sites for hydroxylation is 1. The van der Waals surface area contributed by atoms with Crippen LogP contribution >= 0.6 is 0 Å². The van der Waals surface area contributed by atoms with Gasteiger partial charge in [-0.2, -0.15) is 0 Å². The molecule has 3 rings (SSSR count). The molecule has 0 atom stereocenters. The van der Waals surface area contributed by atoms with Crippen molar-refractivity contribution in [2.45, 2.75) is 19.8 Å². The minimum Gasteiger partial charge on any atom is -0.369 e. The van der Waals surface area contributed by atoms with Gasteiger partial charge in [-0.15, -0.1) is 0 Å². The molecule has 1 aliphatic rings. The zero-order valence-electron chi connectivity index (χ0n) is 16.6. The lowest BCUT2D eigenvalue weighted by molar-refractivity contribution is -0.123. The van der Waals surface area contributed by atoms with Crippen molar-refractivity contribution < 1.29 is 9.59 Å². The smallest absolute Gasteiger partial charge is 0.233 e. The van der Waals surface area contributed by atoms with E-state index in [1.54, 1.807) is 0 Å². The van der Waals surface area contributed by atoms with Gasteiger partial charge in [0, 0.05) is 43.2 Å². The molecule has 1 saturated heterocycles. The molecule has 2 N–H and O–H groups in total. The van der Waals surface area contributed by atoms with E-state index in [0.717, 1.165) is 38.3 Å². The molecule has 0 unspecified atom stereocenters. The monoisotopic (exact) mass is 380 g/mol.